The standard InChI is InChI=1S/C14H20N2O2.C8H7BrO2.C5H12N2/c1-15-6-8-16(9-7-15)11-12-4-3-5-13(10-12)14(17)18-2;1-11-8(10)6-3-2-4-7(9)5-6;1-7-4-2-6-3-5-7/h3-5,10H,6-9,11H2,1-2H3;2-5H,1H3;6H,2-5H2,1H3. The van der Waals surface area contributed by atoms with Crippen LogP contribution in [0.1, 0.15) is 26.3 Å². The minimum atomic E-state index is -0.314. The zero-order chi connectivity index (χ0) is 26.3. The lowest BCUT2D eigenvalue weighted by Crippen LogP contribution is -2.43. The fourth-order valence-electron chi connectivity index (χ4n) is 3.69. The number of halogens is 1. The quantitative estimate of drug-likeness (QED) is 0.570. The minimum absolute atomic E-state index is 0.268. The van der Waals surface area contributed by atoms with Crippen LogP contribution < -0.4 is 5.32 Å². The third-order valence-corrected chi connectivity index (χ3v) is 6.43. The molecule has 0 aromatic heterocycles. The average molecular weight is 564 g/mol. The first-order valence-corrected chi connectivity index (χ1v) is 12.9. The molecule has 36 heavy (non-hydrogen) atoms. The van der Waals surface area contributed by atoms with Gasteiger partial charge in [0.15, 0.2) is 0 Å². The highest BCUT2D eigenvalue weighted by Crippen LogP contribution is 2.12. The van der Waals surface area contributed by atoms with E-state index in [9.17, 15) is 9.59 Å². The molecule has 0 spiro atoms. The molecule has 2 fully saturated rings. The maximum atomic E-state index is 11.5. The Bertz CT molecular complexity index is 945. The van der Waals surface area contributed by atoms with Gasteiger partial charge in [-0.05, 0) is 50.0 Å². The smallest absolute Gasteiger partial charge is 0.337 e. The van der Waals surface area contributed by atoms with E-state index in [2.05, 4.69) is 60.8 Å². The van der Waals surface area contributed by atoms with E-state index in [1.807, 2.05) is 18.2 Å². The van der Waals surface area contributed by atoms with E-state index in [1.54, 1.807) is 24.3 Å². The number of carbonyl (C=O) groups excluding carboxylic acids is 2. The Kier molecular flexibility index (Phi) is 13.7. The summed E-state index contributed by atoms with van der Waals surface area (Å²) in [6, 6.07) is 14.7. The summed E-state index contributed by atoms with van der Waals surface area (Å²) in [4.78, 5) is 29.5. The molecule has 2 saturated heterocycles. The van der Waals surface area contributed by atoms with Gasteiger partial charge in [-0.25, -0.2) is 9.59 Å². The van der Waals surface area contributed by atoms with Gasteiger partial charge in [0.2, 0.25) is 0 Å². The van der Waals surface area contributed by atoms with Crippen LogP contribution in [0.2, 0.25) is 0 Å². The number of hydrogen-bond acceptors (Lipinski definition) is 8. The summed E-state index contributed by atoms with van der Waals surface area (Å²) in [6.45, 7) is 10.0. The van der Waals surface area contributed by atoms with E-state index in [4.69, 9.17) is 4.74 Å². The molecule has 2 aliphatic rings. The monoisotopic (exact) mass is 562 g/mol. The Morgan fingerprint density at radius 2 is 1.33 bits per heavy atom. The first kappa shape index (κ1) is 29.9. The summed E-state index contributed by atoms with van der Waals surface area (Å²) >= 11 is 3.25. The van der Waals surface area contributed by atoms with Crippen LogP contribution in [0.15, 0.2) is 53.0 Å². The van der Waals surface area contributed by atoms with E-state index < -0.39 is 0 Å². The molecule has 0 radical (unpaired) electrons. The second-order valence-electron chi connectivity index (χ2n) is 8.83. The van der Waals surface area contributed by atoms with Crippen molar-refractivity contribution in [3.8, 4) is 0 Å². The predicted molar refractivity (Wildman–Crippen MR) is 146 cm³/mol. The molecule has 4 rings (SSSR count). The number of nitrogens with one attached hydrogen (secondary N) is 1. The number of ether oxygens (including phenoxy) is 2. The van der Waals surface area contributed by atoms with Crippen LogP contribution in [0, 0.1) is 0 Å². The highest BCUT2D eigenvalue weighted by molar-refractivity contribution is 9.10. The lowest BCUT2D eigenvalue weighted by molar-refractivity contribution is 0.0591. The highest BCUT2D eigenvalue weighted by Gasteiger charge is 2.14. The van der Waals surface area contributed by atoms with Gasteiger partial charge in [-0.2, -0.15) is 0 Å². The van der Waals surface area contributed by atoms with E-state index in [0.717, 1.165) is 50.3 Å². The molecular formula is C27H39BrN4O4. The highest BCUT2D eigenvalue weighted by atomic mass is 79.9. The molecule has 198 valence electrons. The fourth-order valence-corrected chi connectivity index (χ4v) is 4.09. The van der Waals surface area contributed by atoms with Gasteiger partial charge in [0.05, 0.1) is 25.3 Å². The number of methoxy groups -OCH3 is 2. The summed E-state index contributed by atoms with van der Waals surface area (Å²) in [5, 5.41) is 3.27. The molecule has 2 aromatic carbocycles. The first-order chi connectivity index (χ1) is 17.3. The number of hydrogen-bond donors (Lipinski definition) is 1. The van der Waals surface area contributed by atoms with Crippen molar-refractivity contribution in [1.82, 2.24) is 20.0 Å². The zero-order valence-corrected chi connectivity index (χ0v) is 23.4. The van der Waals surface area contributed by atoms with Crippen molar-refractivity contribution in [1.29, 1.82) is 0 Å². The van der Waals surface area contributed by atoms with Crippen LogP contribution in [0.3, 0.4) is 0 Å². The molecule has 2 heterocycles. The molecule has 2 aromatic rings. The molecular weight excluding hydrogens is 524 g/mol. The Balaban J connectivity index is 0.000000214. The zero-order valence-electron chi connectivity index (χ0n) is 21.8. The van der Waals surface area contributed by atoms with Crippen molar-refractivity contribution in [2.24, 2.45) is 0 Å². The van der Waals surface area contributed by atoms with Crippen molar-refractivity contribution < 1.29 is 19.1 Å². The molecule has 0 bridgehead atoms. The van der Waals surface area contributed by atoms with Crippen LogP contribution in [0.5, 0.6) is 0 Å². The van der Waals surface area contributed by atoms with Crippen molar-refractivity contribution >= 4 is 27.9 Å². The number of carbonyl (C=O) groups is 2. The van der Waals surface area contributed by atoms with Crippen molar-refractivity contribution in [2.45, 2.75) is 6.54 Å². The van der Waals surface area contributed by atoms with Gasteiger partial charge in [0.25, 0.3) is 0 Å². The molecule has 1 N–H and O–H groups in total. The van der Waals surface area contributed by atoms with E-state index in [1.165, 1.54) is 32.9 Å². The Hall–Kier alpha value is -2.30. The molecule has 0 amide bonds. The largest absolute Gasteiger partial charge is 0.465 e. The van der Waals surface area contributed by atoms with Gasteiger partial charge in [0, 0.05) is 63.4 Å². The summed E-state index contributed by atoms with van der Waals surface area (Å²) < 4.78 is 10.1. The maximum absolute atomic E-state index is 11.5. The van der Waals surface area contributed by atoms with Crippen LogP contribution in [-0.4, -0.2) is 107 Å². The topological polar surface area (TPSA) is 74.3 Å². The van der Waals surface area contributed by atoms with E-state index >= 15 is 0 Å². The second-order valence-corrected chi connectivity index (χ2v) is 9.74. The molecule has 0 aliphatic carbocycles. The number of piperazine rings is 2. The van der Waals surface area contributed by atoms with Gasteiger partial charge < -0.3 is 24.6 Å². The van der Waals surface area contributed by atoms with Crippen LogP contribution in [-0.2, 0) is 16.0 Å². The average Bonchev–Trinajstić information content (AvgIpc) is 2.90. The fraction of sp³-hybridized carbons (Fsp3) is 0.481. The van der Waals surface area contributed by atoms with Crippen molar-refractivity contribution in [3.05, 3.63) is 69.7 Å². The lowest BCUT2D eigenvalue weighted by atomic mass is 10.1. The van der Waals surface area contributed by atoms with Crippen LogP contribution in [0.25, 0.3) is 0 Å². The number of nitrogens with zero attached hydrogens (tertiary/aromatic N) is 3. The van der Waals surface area contributed by atoms with E-state index in [-0.39, 0.29) is 11.9 Å². The summed E-state index contributed by atoms with van der Waals surface area (Å²) in [5.41, 5.74) is 2.36. The second kappa shape index (κ2) is 16.4. The SMILES string of the molecule is CN1CCNCC1.COC(=O)c1cccc(Br)c1.COC(=O)c1cccc(CN2CCN(C)CC2)c1. The van der Waals surface area contributed by atoms with Crippen molar-refractivity contribution in [3.63, 3.8) is 0 Å². The number of benzene rings is 2. The van der Waals surface area contributed by atoms with Crippen molar-refractivity contribution in [2.75, 3.05) is 80.7 Å². The van der Waals surface area contributed by atoms with Gasteiger partial charge in [-0.1, -0.05) is 34.1 Å². The van der Waals surface area contributed by atoms with E-state index in [0.29, 0.717) is 11.1 Å². The Labute approximate surface area is 223 Å². The van der Waals surface area contributed by atoms with Crippen LogP contribution >= 0.6 is 15.9 Å². The number of esters is 2. The summed E-state index contributed by atoms with van der Waals surface area (Å²) in [5.74, 6) is -0.582. The molecule has 0 saturated carbocycles. The predicted octanol–water partition coefficient (Wildman–Crippen LogP) is 2.98. The number of likely N-dealkylation sites (N-methyl/N-ethyl adjacent to an activating group) is 2. The third-order valence-electron chi connectivity index (χ3n) is 5.94. The normalized spacial score (nSPS) is 16.6. The summed E-state index contributed by atoms with van der Waals surface area (Å²) in [6.07, 6.45) is 0. The molecule has 2 aliphatic heterocycles. The molecule has 0 unspecified atom stereocenters. The van der Waals surface area contributed by atoms with Gasteiger partial charge in [0.1, 0.15) is 0 Å². The Morgan fingerprint density at radius 3 is 1.83 bits per heavy atom. The first-order valence-electron chi connectivity index (χ1n) is 12.1. The lowest BCUT2D eigenvalue weighted by Gasteiger charge is -2.32. The van der Waals surface area contributed by atoms with Gasteiger partial charge in [-0.3, -0.25) is 4.90 Å². The third kappa shape index (κ3) is 11.2. The molecule has 8 nitrogen and oxygen atoms in total. The van der Waals surface area contributed by atoms with Gasteiger partial charge >= 0.3 is 11.9 Å². The molecule has 0 atom stereocenters. The van der Waals surface area contributed by atoms with Crippen LogP contribution in [0.4, 0.5) is 0 Å². The number of rotatable bonds is 4. The summed E-state index contributed by atoms with van der Waals surface area (Å²) in [7, 11) is 7.08. The minimum Gasteiger partial charge on any atom is -0.465 e. The molecule has 9 heteroatoms. The van der Waals surface area contributed by atoms with Gasteiger partial charge in [-0.15, -0.1) is 0 Å². The maximum Gasteiger partial charge on any atom is 0.337 e. The Morgan fingerprint density at radius 1 is 0.806 bits per heavy atom.